The number of para-hydroxylation sites is 1. The van der Waals surface area contributed by atoms with Gasteiger partial charge in [-0.15, -0.1) is 0 Å². The molecule has 2 N–H and O–H groups in total. The first kappa shape index (κ1) is 18.3. The maximum Gasteiger partial charge on any atom is 0.222 e. The maximum absolute atomic E-state index is 12.0. The summed E-state index contributed by atoms with van der Waals surface area (Å²) >= 11 is 6.09. The molecule has 4 heteroatoms. The Bertz CT molecular complexity index is 692. The van der Waals surface area contributed by atoms with Crippen LogP contribution in [-0.4, -0.2) is 12.5 Å². The summed E-state index contributed by atoms with van der Waals surface area (Å²) < 4.78 is 0. The summed E-state index contributed by atoms with van der Waals surface area (Å²) in [5.41, 5.74) is 3.33. The largest absolute Gasteiger partial charge is 0.384 e. The second-order valence-corrected chi connectivity index (χ2v) is 7.25. The molecule has 0 spiro atoms. The quantitative estimate of drug-likeness (QED) is 0.793. The molecule has 0 saturated heterocycles. The number of benzene rings is 2. The molecule has 24 heavy (non-hydrogen) atoms. The van der Waals surface area contributed by atoms with E-state index in [-0.39, 0.29) is 11.3 Å². The van der Waals surface area contributed by atoms with Crippen molar-refractivity contribution in [1.82, 2.24) is 5.32 Å². The first-order chi connectivity index (χ1) is 11.4. The molecule has 0 atom stereocenters. The summed E-state index contributed by atoms with van der Waals surface area (Å²) in [6.07, 6.45) is 0.420. The normalized spacial score (nSPS) is 11.2. The van der Waals surface area contributed by atoms with Gasteiger partial charge in [-0.05, 0) is 28.7 Å². The summed E-state index contributed by atoms with van der Waals surface area (Å²) in [6, 6.07) is 15.8. The number of halogens is 1. The molecule has 128 valence electrons. The van der Waals surface area contributed by atoms with E-state index in [2.05, 4.69) is 43.5 Å². The Morgan fingerprint density at radius 2 is 1.71 bits per heavy atom. The van der Waals surface area contributed by atoms with Gasteiger partial charge in [-0.2, -0.15) is 0 Å². The van der Waals surface area contributed by atoms with Crippen molar-refractivity contribution in [2.45, 2.75) is 39.2 Å². The van der Waals surface area contributed by atoms with Crippen molar-refractivity contribution in [2.75, 3.05) is 11.9 Å². The molecule has 0 fully saturated rings. The van der Waals surface area contributed by atoms with E-state index >= 15 is 0 Å². The molecular weight excluding hydrogens is 320 g/mol. The highest BCUT2D eigenvalue weighted by Crippen LogP contribution is 2.29. The van der Waals surface area contributed by atoms with E-state index in [0.717, 1.165) is 11.3 Å². The lowest BCUT2D eigenvalue weighted by Crippen LogP contribution is -2.25. The Balaban J connectivity index is 1.82. The second-order valence-electron chi connectivity index (χ2n) is 6.84. The van der Waals surface area contributed by atoms with Crippen molar-refractivity contribution in [3.63, 3.8) is 0 Å². The molecule has 0 aliphatic heterocycles. The highest BCUT2D eigenvalue weighted by atomic mass is 35.5. The molecule has 0 aliphatic carbocycles. The van der Waals surface area contributed by atoms with E-state index in [9.17, 15) is 4.79 Å². The summed E-state index contributed by atoms with van der Waals surface area (Å²) in [6.45, 7) is 7.61. The van der Waals surface area contributed by atoms with Gasteiger partial charge < -0.3 is 10.6 Å². The fraction of sp³-hybridized carbons (Fsp3) is 0.350. The molecule has 0 bridgehead atoms. The summed E-state index contributed by atoms with van der Waals surface area (Å²) in [5.74, 6) is 0.00987. The Labute approximate surface area is 149 Å². The minimum Gasteiger partial charge on any atom is -0.384 e. The molecule has 2 rings (SSSR count). The van der Waals surface area contributed by atoms with Crippen LogP contribution in [0.4, 0.5) is 5.69 Å². The Hall–Kier alpha value is -2.00. The van der Waals surface area contributed by atoms with Crippen LogP contribution in [-0.2, 0) is 16.8 Å². The van der Waals surface area contributed by atoms with E-state index < -0.39 is 0 Å². The van der Waals surface area contributed by atoms with Crippen LogP contribution in [0.5, 0.6) is 0 Å². The lowest BCUT2D eigenvalue weighted by molar-refractivity contribution is -0.121. The number of hydrogen-bond donors (Lipinski definition) is 2. The van der Waals surface area contributed by atoms with Crippen LogP contribution in [0.1, 0.15) is 38.3 Å². The molecule has 0 saturated carbocycles. The van der Waals surface area contributed by atoms with E-state index in [0.29, 0.717) is 24.5 Å². The summed E-state index contributed by atoms with van der Waals surface area (Å²) in [4.78, 5) is 12.0. The third-order valence-corrected chi connectivity index (χ3v) is 4.21. The zero-order valence-electron chi connectivity index (χ0n) is 14.5. The fourth-order valence-corrected chi connectivity index (χ4v) is 2.73. The standard InChI is InChI=1S/C20H25ClN2O/c1-20(2,3)16-9-5-7-11-18(16)22-13-12-19(24)23-14-15-8-4-6-10-17(15)21/h4-11,22H,12-14H2,1-3H3,(H,23,24). The van der Waals surface area contributed by atoms with Crippen molar-refractivity contribution in [3.8, 4) is 0 Å². The van der Waals surface area contributed by atoms with E-state index in [1.807, 2.05) is 36.4 Å². The van der Waals surface area contributed by atoms with Crippen LogP contribution < -0.4 is 10.6 Å². The lowest BCUT2D eigenvalue weighted by atomic mass is 9.86. The van der Waals surface area contributed by atoms with Gasteiger partial charge in [-0.1, -0.05) is 68.8 Å². The minimum atomic E-state index is 0.00987. The van der Waals surface area contributed by atoms with Crippen molar-refractivity contribution in [3.05, 3.63) is 64.7 Å². The number of carbonyl (C=O) groups is 1. The molecule has 3 nitrogen and oxygen atoms in total. The number of carbonyl (C=O) groups excluding carboxylic acids is 1. The predicted molar refractivity (Wildman–Crippen MR) is 102 cm³/mol. The Kier molecular flexibility index (Phi) is 6.27. The SMILES string of the molecule is CC(C)(C)c1ccccc1NCCC(=O)NCc1ccccc1Cl. The van der Waals surface area contributed by atoms with Crippen molar-refractivity contribution in [1.29, 1.82) is 0 Å². The average molecular weight is 345 g/mol. The van der Waals surface area contributed by atoms with Crippen LogP contribution in [0.3, 0.4) is 0 Å². The summed E-state index contributed by atoms with van der Waals surface area (Å²) in [7, 11) is 0. The number of anilines is 1. The van der Waals surface area contributed by atoms with Gasteiger partial charge in [0.2, 0.25) is 5.91 Å². The van der Waals surface area contributed by atoms with Crippen molar-refractivity contribution in [2.24, 2.45) is 0 Å². The highest BCUT2D eigenvalue weighted by molar-refractivity contribution is 6.31. The van der Waals surface area contributed by atoms with E-state index in [4.69, 9.17) is 11.6 Å². The molecule has 1 amide bonds. The van der Waals surface area contributed by atoms with Crippen LogP contribution in [0.2, 0.25) is 5.02 Å². The number of nitrogens with one attached hydrogen (secondary N) is 2. The average Bonchev–Trinajstić information content (AvgIpc) is 2.53. The predicted octanol–water partition coefficient (Wildman–Crippen LogP) is 4.76. The van der Waals surface area contributed by atoms with Crippen LogP contribution in [0.15, 0.2) is 48.5 Å². The molecule has 0 heterocycles. The molecule has 2 aromatic carbocycles. The van der Waals surface area contributed by atoms with Gasteiger partial charge in [0.1, 0.15) is 0 Å². The van der Waals surface area contributed by atoms with Crippen molar-refractivity contribution >= 4 is 23.2 Å². The van der Waals surface area contributed by atoms with E-state index in [1.54, 1.807) is 0 Å². The van der Waals surface area contributed by atoms with Gasteiger partial charge >= 0.3 is 0 Å². The number of hydrogen-bond acceptors (Lipinski definition) is 2. The van der Waals surface area contributed by atoms with Crippen LogP contribution in [0, 0.1) is 0 Å². The van der Waals surface area contributed by atoms with Crippen molar-refractivity contribution < 1.29 is 4.79 Å². The van der Waals surface area contributed by atoms with Gasteiger partial charge in [0, 0.05) is 30.2 Å². The maximum atomic E-state index is 12.0. The van der Waals surface area contributed by atoms with Gasteiger partial charge in [-0.25, -0.2) is 0 Å². The monoisotopic (exact) mass is 344 g/mol. The molecule has 0 aromatic heterocycles. The molecule has 0 radical (unpaired) electrons. The fourth-order valence-electron chi connectivity index (χ4n) is 2.53. The zero-order valence-corrected chi connectivity index (χ0v) is 15.3. The van der Waals surface area contributed by atoms with Crippen LogP contribution >= 0.6 is 11.6 Å². The smallest absolute Gasteiger partial charge is 0.222 e. The highest BCUT2D eigenvalue weighted by Gasteiger charge is 2.17. The molecule has 2 aromatic rings. The first-order valence-electron chi connectivity index (χ1n) is 8.21. The Morgan fingerprint density at radius 1 is 1.04 bits per heavy atom. The first-order valence-corrected chi connectivity index (χ1v) is 8.59. The van der Waals surface area contributed by atoms with Crippen LogP contribution in [0.25, 0.3) is 0 Å². The third kappa shape index (κ3) is 5.27. The third-order valence-electron chi connectivity index (χ3n) is 3.84. The van der Waals surface area contributed by atoms with E-state index in [1.165, 1.54) is 5.56 Å². The van der Waals surface area contributed by atoms with Gasteiger partial charge in [0.05, 0.1) is 0 Å². The molecule has 0 unspecified atom stereocenters. The zero-order chi connectivity index (χ0) is 17.6. The van der Waals surface area contributed by atoms with Gasteiger partial charge in [0.15, 0.2) is 0 Å². The topological polar surface area (TPSA) is 41.1 Å². The minimum absolute atomic E-state index is 0.00987. The number of rotatable bonds is 6. The molecule has 0 aliphatic rings. The summed E-state index contributed by atoms with van der Waals surface area (Å²) in [5, 5.41) is 6.96. The Morgan fingerprint density at radius 3 is 2.42 bits per heavy atom. The lowest BCUT2D eigenvalue weighted by Gasteiger charge is -2.23. The van der Waals surface area contributed by atoms with Gasteiger partial charge in [-0.3, -0.25) is 4.79 Å². The number of amides is 1. The molecular formula is C20H25ClN2O. The second kappa shape index (κ2) is 8.20. The van der Waals surface area contributed by atoms with Gasteiger partial charge in [0.25, 0.3) is 0 Å².